The first-order valence-corrected chi connectivity index (χ1v) is 7.46. The average Bonchev–Trinajstić information content (AvgIpc) is 2.36. The number of nitrogens with one attached hydrogen (secondary N) is 1. The fraction of sp³-hybridized carbons (Fsp3) is 0.588. The van der Waals surface area contributed by atoms with Gasteiger partial charge >= 0.3 is 0 Å². The second kappa shape index (κ2) is 5.47. The monoisotopic (exact) mass is 274 g/mol. The maximum Gasteiger partial charge on any atom is 0.251 e. The van der Waals surface area contributed by atoms with Crippen LogP contribution in [0.25, 0.3) is 0 Å². The molecule has 1 aromatic carbocycles. The number of carbonyl (C=O) groups is 1. The number of hydrogen-bond acceptors (Lipinski definition) is 2. The van der Waals surface area contributed by atoms with Gasteiger partial charge < -0.3 is 11.1 Å². The second-order valence-electron chi connectivity index (χ2n) is 6.94. The Morgan fingerprint density at radius 1 is 1.20 bits per heavy atom. The van der Waals surface area contributed by atoms with Crippen molar-refractivity contribution < 1.29 is 4.79 Å². The van der Waals surface area contributed by atoms with Crippen LogP contribution in [0.2, 0.25) is 0 Å². The predicted octanol–water partition coefficient (Wildman–Crippen LogP) is 3.58. The van der Waals surface area contributed by atoms with Crippen LogP contribution >= 0.6 is 0 Å². The molecule has 1 amide bonds. The molecule has 0 aromatic heterocycles. The normalized spacial score (nSPS) is 18.8. The van der Waals surface area contributed by atoms with Crippen LogP contribution in [0.15, 0.2) is 12.1 Å². The van der Waals surface area contributed by atoms with Crippen molar-refractivity contribution in [3.05, 3.63) is 28.8 Å². The molecule has 3 nitrogen and oxygen atoms in total. The maximum atomic E-state index is 12.4. The van der Waals surface area contributed by atoms with Crippen LogP contribution in [0.5, 0.6) is 0 Å². The van der Waals surface area contributed by atoms with Gasteiger partial charge in [-0.25, -0.2) is 0 Å². The first-order valence-electron chi connectivity index (χ1n) is 7.46. The molecule has 1 aromatic rings. The van der Waals surface area contributed by atoms with Crippen molar-refractivity contribution in [3.8, 4) is 0 Å². The van der Waals surface area contributed by atoms with Gasteiger partial charge in [0.15, 0.2) is 0 Å². The molecule has 2 rings (SSSR count). The fourth-order valence-electron chi connectivity index (χ4n) is 2.92. The van der Waals surface area contributed by atoms with E-state index < -0.39 is 0 Å². The number of anilines is 1. The standard InChI is InChI=1S/C17H26N2O/c1-11-9-12(2)15(18)10-14(11)16(20)19-13-5-7-17(3,4)8-6-13/h9-10,13H,5-8,18H2,1-4H3,(H,19,20). The van der Waals surface area contributed by atoms with Gasteiger partial charge in [-0.2, -0.15) is 0 Å². The molecular weight excluding hydrogens is 248 g/mol. The molecule has 0 aliphatic heterocycles. The Bertz CT molecular complexity index is 510. The van der Waals surface area contributed by atoms with Crippen LogP contribution in [0, 0.1) is 19.3 Å². The van der Waals surface area contributed by atoms with E-state index in [1.165, 1.54) is 12.8 Å². The Hall–Kier alpha value is -1.51. The van der Waals surface area contributed by atoms with Crippen molar-refractivity contribution in [3.63, 3.8) is 0 Å². The Kier molecular flexibility index (Phi) is 4.07. The van der Waals surface area contributed by atoms with Crippen LogP contribution in [0.4, 0.5) is 5.69 Å². The van der Waals surface area contributed by atoms with E-state index in [-0.39, 0.29) is 5.91 Å². The highest BCUT2D eigenvalue weighted by Gasteiger charge is 2.27. The zero-order chi connectivity index (χ0) is 14.9. The summed E-state index contributed by atoms with van der Waals surface area (Å²) in [6.45, 7) is 8.53. The minimum absolute atomic E-state index is 0.0129. The van der Waals surface area contributed by atoms with Crippen molar-refractivity contribution in [2.75, 3.05) is 5.73 Å². The summed E-state index contributed by atoms with van der Waals surface area (Å²) in [4.78, 5) is 12.4. The summed E-state index contributed by atoms with van der Waals surface area (Å²) < 4.78 is 0. The number of nitrogens with two attached hydrogens (primary N) is 1. The first-order chi connectivity index (χ1) is 9.28. The Balaban J connectivity index is 2.04. The topological polar surface area (TPSA) is 55.1 Å². The fourth-order valence-corrected chi connectivity index (χ4v) is 2.92. The number of benzene rings is 1. The number of nitrogen functional groups attached to an aromatic ring is 1. The van der Waals surface area contributed by atoms with E-state index in [1.807, 2.05) is 19.9 Å². The lowest BCUT2D eigenvalue weighted by Gasteiger charge is -2.34. The molecule has 20 heavy (non-hydrogen) atoms. The van der Waals surface area contributed by atoms with Gasteiger partial charge in [-0.05, 0) is 62.1 Å². The van der Waals surface area contributed by atoms with E-state index in [4.69, 9.17) is 5.73 Å². The zero-order valence-corrected chi connectivity index (χ0v) is 13.0. The number of hydrogen-bond donors (Lipinski definition) is 2. The van der Waals surface area contributed by atoms with E-state index >= 15 is 0 Å². The van der Waals surface area contributed by atoms with Gasteiger partial charge in [-0.15, -0.1) is 0 Å². The molecule has 0 unspecified atom stereocenters. The average molecular weight is 274 g/mol. The van der Waals surface area contributed by atoms with Gasteiger partial charge in [0.05, 0.1) is 0 Å². The first kappa shape index (κ1) is 14.9. The molecule has 3 heteroatoms. The number of rotatable bonds is 2. The van der Waals surface area contributed by atoms with Gasteiger partial charge in [0.2, 0.25) is 0 Å². The molecule has 0 atom stereocenters. The Morgan fingerprint density at radius 3 is 2.40 bits per heavy atom. The molecule has 3 N–H and O–H groups in total. The summed E-state index contributed by atoms with van der Waals surface area (Å²) in [5.41, 5.74) is 9.75. The van der Waals surface area contributed by atoms with E-state index in [9.17, 15) is 4.79 Å². The van der Waals surface area contributed by atoms with Crippen LogP contribution < -0.4 is 11.1 Å². The summed E-state index contributed by atoms with van der Waals surface area (Å²) in [7, 11) is 0. The SMILES string of the molecule is Cc1cc(C)c(C(=O)NC2CCC(C)(C)CC2)cc1N. The quantitative estimate of drug-likeness (QED) is 0.810. The second-order valence-corrected chi connectivity index (χ2v) is 6.94. The molecule has 0 bridgehead atoms. The van der Waals surface area contributed by atoms with Crippen molar-refractivity contribution in [2.24, 2.45) is 5.41 Å². The van der Waals surface area contributed by atoms with Crippen molar-refractivity contribution in [1.82, 2.24) is 5.32 Å². The lowest BCUT2D eigenvalue weighted by atomic mass is 9.75. The van der Waals surface area contributed by atoms with E-state index in [1.54, 1.807) is 6.07 Å². The maximum absolute atomic E-state index is 12.4. The summed E-state index contributed by atoms with van der Waals surface area (Å²) in [5.74, 6) is 0.0129. The molecule has 0 heterocycles. The highest BCUT2D eigenvalue weighted by molar-refractivity contribution is 5.96. The van der Waals surface area contributed by atoms with Crippen molar-refractivity contribution in [1.29, 1.82) is 0 Å². The van der Waals surface area contributed by atoms with Crippen molar-refractivity contribution in [2.45, 2.75) is 59.4 Å². The van der Waals surface area contributed by atoms with E-state index in [2.05, 4.69) is 19.2 Å². The largest absolute Gasteiger partial charge is 0.398 e. The van der Waals surface area contributed by atoms with Gasteiger partial charge in [0, 0.05) is 17.3 Å². The highest BCUT2D eigenvalue weighted by Crippen LogP contribution is 2.35. The summed E-state index contributed by atoms with van der Waals surface area (Å²) >= 11 is 0. The Morgan fingerprint density at radius 2 is 1.80 bits per heavy atom. The van der Waals surface area contributed by atoms with Crippen LogP contribution in [-0.2, 0) is 0 Å². The molecule has 1 saturated carbocycles. The summed E-state index contributed by atoms with van der Waals surface area (Å²) in [5, 5.41) is 3.17. The highest BCUT2D eigenvalue weighted by atomic mass is 16.1. The van der Waals surface area contributed by atoms with Crippen LogP contribution in [0.1, 0.15) is 61.0 Å². The third kappa shape index (κ3) is 3.33. The lowest BCUT2D eigenvalue weighted by molar-refractivity contribution is 0.0908. The third-order valence-electron chi connectivity index (χ3n) is 4.53. The molecule has 0 radical (unpaired) electrons. The summed E-state index contributed by atoms with van der Waals surface area (Å²) in [6.07, 6.45) is 4.48. The minimum atomic E-state index is 0.0129. The zero-order valence-electron chi connectivity index (χ0n) is 13.0. The third-order valence-corrected chi connectivity index (χ3v) is 4.53. The molecule has 1 aliphatic carbocycles. The molecule has 0 saturated heterocycles. The van der Waals surface area contributed by atoms with Crippen LogP contribution in [0.3, 0.4) is 0 Å². The lowest BCUT2D eigenvalue weighted by Crippen LogP contribution is -2.39. The molecular formula is C17H26N2O. The molecule has 110 valence electrons. The molecule has 1 fully saturated rings. The Labute approximate surface area is 121 Å². The van der Waals surface area contributed by atoms with Gasteiger partial charge in [-0.3, -0.25) is 4.79 Å². The molecule has 0 spiro atoms. The number of amides is 1. The van der Waals surface area contributed by atoms with E-state index in [0.717, 1.165) is 24.0 Å². The van der Waals surface area contributed by atoms with Gasteiger partial charge in [0.1, 0.15) is 0 Å². The number of carbonyl (C=O) groups excluding carboxylic acids is 1. The number of aryl methyl sites for hydroxylation is 2. The van der Waals surface area contributed by atoms with Gasteiger partial charge in [-0.1, -0.05) is 19.9 Å². The van der Waals surface area contributed by atoms with Crippen LogP contribution in [-0.4, -0.2) is 11.9 Å². The minimum Gasteiger partial charge on any atom is -0.398 e. The smallest absolute Gasteiger partial charge is 0.251 e. The summed E-state index contributed by atoms with van der Waals surface area (Å²) in [6, 6.07) is 4.08. The predicted molar refractivity (Wildman–Crippen MR) is 83.8 cm³/mol. The van der Waals surface area contributed by atoms with E-state index in [0.29, 0.717) is 22.7 Å². The van der Waals surface area contributed by atoms with Gasteiger partial charge in [0.25, 0.3) is 5.91 Å². The molecule has 1 aliphatic rings. The van der Waals surface area contributed by atoms with Crippen molar-refractivity contribution >= 4 is 11.6 Å².